The van der Waals surface area contributed by atoms with Gasteiger partial charge in [0.15, 0.2) is 18.0 Å². The van der Waals surface area contributed by atoms with Crippen molar-refractivity contribution in [3.05, 3.63) is 53.8 Å². The van der Waals surface area contributed by atoms with Crippen LogP contribution in [0.15, 0.2) is 43.0 Å². The highest BCUT2D eigenvalue weighted by Crippen LogP contribution is 2.26. The lowest BCUT2D eigenvalue weighted by molar-refractivity contribution is -0.509. The van der Waals surface area contributed by atoms with Crippen molar-refractivity contribution in [2.45, 2.75) is 38.2 Å². The van der Waals surface area contributed by atoms with Crippen LogP contribution in [0.3, 0.4) is 0 Å². The summed E-state index contributed by atoms with van der Waals surface area (Å²) in [5, 5.41) is 12.4. The normalized spacial score (nSPS) is 23.5. The maximum atomic E-state index is 12.4. The van der Waals surface area contributed by atoms with Crippen molar-refractivity contribution < 1.29 is 14.2 Å². The second kappa shape index (κ2) is 6.20. The molecular formula is C16H21NO3. The number of hydrogen-bond donors (Lipinski definition) is 0. The second-order valence-electron chi connectivity index (χ2n) is 5.36. The first kappa shape index (κ1) is 14.8. The molecule has 0 saturated carbocycles. The number of nitrogens with zero attached hydrogens (tertiary/aromatic N) is 1. The quantitative estimate of drug-likeness (QED) is 0.273. The minimum Gasteiger partial charge on any atom is -0.623 e. The fraction of sp³-hybridized carbons (Fsp3) is 0.438. The van der Waals surface area contributed by atoms with Crippen LogP contribution in [0.4, 0.5) is 0 Å². The van der Waals surface area contributed by atoms with Gasteiger partial charge in [0.25, 0.3) is 0 Å². The van der Waals surface area contributed by atoms with Crippen LogP contribution in [0.1, 0.15) is 25.8 Å². The fourth-order valence-corrected chi connectivity index (χ4v) is 2.28. The molecule has 2 rings (SSSR count). The van der Waals surface area contributed by atoms with E-state index in [1.165, 1.54) is 0 Å². The van der Waals surface area contributed by atoms with E-state index in [0.29, 0.717) is 13.0 Å². The third-order valence-corrected chi connectivity index (χ3v) is 3.27. The molecule has 0 radical (unpaired) electrons. The molecular weight excluding hydrogens is 254 g/mol. The zero-order chi connectivity index (χ0) is 14.6. The van der Waals surface area contributed by atoms with Crippen LogP contribution in [-0.2, 0) is 9.47 Å². The highest BCUT2D eigenvalue weighted by molar-refractivity contribution is 5.75. The van der Waals surface area contributed by atoms with E-state index < -0.39 is 5.79 Å². The van der Waals surface area contributed by atoms with Crippen molar-refractivity contribution in [2.75, 3.05) is 6.61 Å². The zero-order valence-electron chi connectivity index (χ0n) is 12.0. The first-order chi connectivity index (χ1) is 9.52. The summed E-state index contributed by atoms with van der Waals surface area (Å²) >= 11 is 0. The number of hydroxylamine groups is 1. The van der Waals surface area contributed by atoms with Crippen LogP contribution in [0.5, 0.6) is 0 Å². The summed E-state index contributed by atoms with van der Waals surface area (Å²) in [6.07, 6.45) is 3.63. The molecule has 1 aliphatic heterocycles. The van der Waals surface area contributed by atoms with Crippen LogP contribution >= 0.6 is 0 Å². The second-order valence-corrected chi connectivity index (χ2v) is 5.36. The molecule has 0 unspecified atom stereocenters. The largest absolute Gasteiger partial charge is 0.623 e. The lowest BCUT2D eigenvalue weighted by Gasteiger charge is -2.22. The van der Waals surface area contributed by atoms with Gasteiger partial charge in [-0.3, -0.25) is 0 Å². The highest BCUT2D eigenvalue weighted by Gasteiger charge is 2.40. The third-order valence-electron chi connectivity index (χ3n) is 3.27. The summed E-state index contributed by atoms with van der Waals surface area (Å²) in [7, 11) is 0. The molecule has 1 aromatic carbocycles. The van der Waals surface area contributed by atoms with Gasteiger partial charge >= 0.3 is 0 Å². The first-order valence-electron chi connectivity index (χ1n) is 6.80. The Hall–Kier alpha value is -1.65. The van der Waals surface area contributed by atoms with Gasteiger partial charge in [0, 0.05) is 12.0 Å². The highest BCUT2D eigenvalue weighted by atomic mass is 16.7. The average molecular weight is 275 g/mol. The van der Waals surface area contributed by atoms with Crippen LogP contribution in [0, 0.1) is 5.21 Å². The van der Waals surface area contributed by atoms with Crippen molar-refractivity contribution in [1.29, 1.82) is 0 Å². The lowest BCUT2D eigenvalue weighted by Crippen LogP contribution is -2.38. The third kappa shape index (κ3) is 3.68. The maximum Gasteiger partial charge on any atom is 0.194 e. The van der Waals surface area contributed by atoms with Crippen LogP contribution in [-0.4, -0.2) is 35.5 Å². The maximum absolute atomic E-state index is 12.4. The summed E-state index contributed by atoms with van der Waals surface area (Å²) in [5.74, 6) is -0.627. The number of ether oxygens (including phenoxy) is 2. The van der Waals surface area contributed by atoms with Gasteiger partial charge in [-0.05, 0) is 26.0 Å². The minimum atomic E-state index is -0.627. The Morgan fingerprint density at radius 2 is 2.15 bits per heavy atom. The molecule has 20 heavy (non-hydrogen) atoms. The molecule has 2 atom stereocenters. The first-order valence-corrected chi connectivity index (χ1v) is 6.80. The SMILES string of the molecule is C=CC[C@@H]([C@H]1COC(C)(C)O1)/[N+]([O-])=C/c1ccccc1. The standard InChI is InChI=1S/C16H21NO3/c1-4-8-14(15-12-19-16(2,3)20-15)17(18)11-13-9-6-5-7-10-13/h4-7,9-11,14-15H,1,8,12H2,2-3H3/b17-11-/t14-,15+/m0/s1. The molecule has 1 saturated heterocycles. The molecule has 4 heteroatoms. The Labute approximate surface area is 119 Å². The van der Waals surface area contributed by atoms with Gasteiger partial charge in [0.05, 0.1) is 6.61 Å². The molecule has 1 fully saturated rings. The molecule has 1 heterocycles. The minimum absolute atomic E-state index is 0.250. The molecule has 0 amide bonds. The zero-order valence-corrected chi connectivity index (χ0v) is 12.0. The van der Waals surface area contributed by atoms with Crippen LogP contribution in [0.2, 0.25) is 0 Å². The number of hydrogen-bond acceptors (Lipinski definition) is 3. The molecule has 0 bridgehead atoms. The van der Waals surface area contributed by atoms with Gasteiger partial charge in [-0.1, -0.05) is 24.3 Å². The van der Waals surface area contributed by atoms with Gasteiger partial charge in [0.2, 0.25) is 0 Å². The summed E-state index contributed by atoms with van der Waals surface area (Å²) in [5.41, 5.74) is 0.870. The van der Waals surface area contributed by atoms with E-state index >= 15 is 0 Å². The molecule has 4 nitrogen and oxygen atoms in total. The molecule has 0 spiro atoms. The average Bonchev–Trinajstić information content (AvgIpc) is 2.77. The van der Waals surface area contributed by atoms with E-state index in [2.05, 4.69) is 6.58 Å². The predicted octanol–water partition coefficient (Wildman–Crippen LogP) is 2.71. The fourth-order valence-electron chi connectivity index (χ4n) is 2.28. The van der Waals surface area contributed by atoms with Gasteiger partial charge in [-0.15, -0.1) is 6.58 Å². The molecule has 0 aliphatic carbocycles. The monoisotopic (exact) mass is 275 g/mol. The predicted molar refractivity (Wildman–Crippen MR) is 78.7 cm³/mol. The van der Waals surface area contributed by atoms with Gasteiger partial charge in [-0.2, -0.15) is 0 Å². The van der Waals surface area contributed by atoms with Crippen LogP contribution < -0.4 is 0 Å². The molecule has 0 N–H and O–H groups in total. The molecule has 1 aliphatic rings. The van der Waals surface area contributed by atoms with Crippen molar-refractivity contribution in [3.8, 4) is 0 Å². The van der Waals surface area contributed by atoms with Crippen molar-refractivity contribution >= 4 is 6.21 Å². The van der Waals surface area contributed by atoms with E-state index in [1.54, 1.807) is 12.3 Å². The van der Waals surface area contributed by atoms with Crippen LogP contribution in [0.25, 0.3) is 0 Å². The van der Waals surface area contributed by atoms with Crippen molar-refractivity contribution in [2.24, 2.45) is 0 Å². The van der Waals surface area contributed by atoms with Gasteiger partial charge < -0.3 is 14.7 Å². The van der Waals surface area contributed by atoms with E-state index in [0.717, 1.165) is 10.3 Å². The molecule has 1 aromatic rings. The topological polar surface area (TPSA) is 44.5 Å². The Kier molecular flexibility index (Phi) is 4.57. The lowest BCUT2D eigenvalue weighted by atomic mass is 10.1. The van der Waals surface area contributed by atoms with E-state index in [1.807, 2.05) is 44.2 Å². The summed E-state index contributed by atoms with van der Waals surface area (Å²) in [4.78, 5) is 0. The number of benzene rings is 1. The van der Waals surface area contributed by atoms with Crippen molar-refractivity contribution in [3.63, 3.8) is 0 Å². The Bertz CT molecular complexity index is 482. The van der Waals surface area contributed by atoms with E-state index in [9.17, 15) is 5.21 Å². The summed E-state index contributed by atoms with van der Waals surface area (Å²) in [6.45, 7) is 7.86. The summed E-state index contributed by atoms with van der Waals surface area (Å²) in [6, 6.07) is 9.19. The Morgan fingerprint density at radius 3 is 2.70 bits per heavy atom. The van der Waals surface area contributed by atoms with Gasteiger partial charge in [0.1, 0.15) is 6.10 Å². The summed E-state index contributed by atoms with van der Waals surface area (Å²) < 4.78 is 12.3. The van der Waals surface area contributed by atoms with E-state index in [4.69, 9.17) is 9.47 Å². The Balaban J connectivity index is 2.16. The van der Waals surface area contributed by atoms with Crippen molar-refractivity contribution in [1.82, 2.24) is 0 Å². The van der Waals surface area contributed by atoms with E-state index in [-0.39, 0.29) is 12.1 Å². The molecule has 108 valence electrons. The van der Waals surface area contributed by atoms with Gasteiger partial charge in [-0.25, -0.2) is 4.74 Å². The number of rotatable bonds is 5. The molecule has 0 aromatic heterocycles. The smallest absolute Gasteiger partial charge is 0.194 e. The Morgan fingerprint density at radius 1 is 1.45 bits per heavy atom.